The molecular weight excluding hydrogens is 445 g/mol. The standard InChI is InChI=1S/C15H28IN3O2S2/c1-14(2)7-6-9-18-15(20)17-8-4-5-11-21-13-23-22-12-10-19(3)16/h14H,4-5,8-13H2,1-3H3,(H2,17,18,20). The van der Waals surface area contributed by atoms with Crippen molar-refractivity contribution in [3.8, 4) is 11.8 Å². The van der Waals surface area contributed by atoms with Crippen LogP contribution in [-0.4, -0.2) is 54.1 Å². The second-order valence-electron chi connectivity index (χ2n) is 5.09. The number of carbonyl (C=O) groups excluding carboxylic acids is 1. The van der Waals surface area contributed by atoms with Crippen molar-refractivity contribution in [1.82, 2.24) is 13.7 Å². The van der Waals surface area contributed by atoms with E-state index in [-0.39, 0.29) is 6.03 Å². The number of hydrogen-bond acceptors (Lipinski definition) is 5. The number of ether oxygens (including phenoxy) is 1. The molecule has 5 nitrogen and oxygen atoms in total. The summed E-state index contributed by atoms with van der Waals surface area (Å²) in [5.41, 5.74) is 0. The van der Waals surface area contributed by atoms with E-state index in [1.54, 1.807) is 10.8 Å². The van der Waals surface area contributed by atoms with E-state index >= 15 is 0 Å². The van der Waals surface area contributed by atoms with Gasteiger partial charge in [0.1, 0.15) is 5.94 Å². The van der Waals surface area contributed by atoms with Gasteiger partial charge in [-0.15, -0.1) is 0 Å². The molecule has 134 valence electrons. The molecule has 0 unspecified atom stereocenters. The van der Waals surface area contributed by atoms with E-state index in [1.807, 2.05) is 24.6 Å². The maximum Gasteiger partial charge on any atom is 0.315 e. The lowest BCUT2D eigenvalue weighted by molar-refractivity contribution is 0.178. The van der Waals surface area contributed by atoms with E-state index in [0.717, 1.165) is 37.7 Å². The smallest absolute Gasteiger partial charge is 0.315 e. The van der Waals surface area contributed by atoms with E-state index in [4.69, 9.17) is 4.74 Å². The molecule has 0 atom stereocenters. The van der Waals surface area contributed by atoms with Gasteiger partial charge < -0.3 is 15.4 Å². The first-order chi connectivity index (χ1) is 11.0. The number of rotatable bonds is 12. The van der Waals surface area contributed by atoms with Crippen LogP contribution in [0.3, 0.4) is 0 Å². The summed E-state index contributed by atoms with van der Waals surface area (Å²) < 4.78 is 7.67. The normalized spacial score (nSPS) is 10.5. The predicted molar refractivity (Wildman–Crippen MR) is 111 cm³/mol. The van der Waals surface area contributed by atoms with Crippen molar-refractivity contribution >= 4 is 50.5 Å². The number of amides is 2. The van der Waals surface area contributed by atoms with Gasteiger partial charge in [0, 0.05) is 54.2 Å². The highest BCUT2D eigenvalue weighted by atomic mass is 127. The fraction of sp³-hybridized carbons (Fsp3) is 0.800. The summed E-state index contributed by atoms with van der Waals surface area (Å²) in [6.07, 6.45) is 1.87. The second kappa shape index (κ2) is 17.0. The van der Waals surface area contributed by atoms with E-state index in [0.29, 0.717) is 19.0 Å². The molecule has 0 aromatic rings. The molecule has 0 spiro atoms. The van der Waals surface area contributed by atoms with Gasteiger partial charge in [-0.2, -0.15) is 0 Å². The molecule has 23 heavy (non-hydrogen) atoms. The van der Waals surface area contributed by atoms with Crippen LogP contribution in [-0.2, 0) is 4.74 Å². The van der Waals surface area contributed by atoms with Crippen molar-refractivity contribution < 1.29 is 9.53 Å². The summed E-state index contributed by atoms with van der Waals surface area (Å²) in [6.45, 7) is 6.93. The molecule has 0 aromatic heterocycles. The lowest BCUT2D eigenvalue weighted by Crippen LogP contribution is -2.36. The summed E-state index contributed by atoms with van der Waals surface area (Å²) in [5.74, 6) is 8.07. The maximum absolute atomic E-state index is 11.4. The van der Waals surface area contributed by atoms with Crippen LogP contribution in [0.1, 0.15) is 26.7 Å². The monoisotopic (exact) mass is 473 g/mol. The van der Waals surface area contributed by atoms with Crippen LogP contribution in [0.5, 0.6) is 0 Å². The fourth-order valence-corrected chi connectivity index (χ4v) is 3.60. The Morgan fingerprint density at radius 2 is 2.09 bits per heavy atom. The van der Waals surface area contributed by atoms with Crippen molar-refractivity contribution in [2.75, 3.05) is 45.0 Å². The highest BCUT2D eigenvalue weighted by Gasteiger charge is 1.98. The molecule has 0 aliphatic carbocycles. The fourth-order valence-electron chi connectivity index (χ4n) is 1.32. The van der Waals surface area contributed by atoms with Gasteiger partial charge in [-0.05, 0) is 19.9 Å². The molecule has 0 bridgehead atoms. The minimum atomic E-state index is -0.156. The van der Waals surface area contributed by atoms with Gasteiger partial charge >= 0.3 is 6.03 Å². The Labute approximate surface area is 162 Å². The van der Waals surface area contributed by atoms with Crippen LogP contribution >= 0.6 is 44.5 Å². The maximum atomic E-state index is 11.4. The number of nitrogens with zero attached hydrogens (tertiary/aromatic N) is 1. The zero-order chi connectivity index (χ0) is 17.3. The Kier molecular flexibility index (Phi) is 17.2. The molecule has 0 fully saturated rings. The first-order valence-electron chi connectivity index (χ1n) is 7.71. The number of carbonyl (C=O) groups is 1. The molecule has 0 aliphatic heterocycles. The Morgan fingerprint density at radius 1 is 1.30 bits per heavy atom. The zero-order valence-corrected chi connectivity index (χ0v) is 18.0. The molecule has 0 heterocycles. The number of unbranched alkanes of at least 4 members (excludes halogenated alkanes) is 1. The van der Waals surface area contributed by atoms with Gasteiger partial charge in [-0.1, -0.05) is 47.3 Å². The largest absolute Gasteiger partial charge is 0.370 e. The molecule has 0 radical (unpaired) electrons. The minimum Gasteiger partial charge on any atom is -0.370 e. The van der Waals surface area contributed by atoms with Crippen molar-refractivity contribution in [3.63, 3.8) is 0 Å². The summed E-state index contributed by atoms with van der Waals surface area (Å²) >= 11 is 2.28. The molecule has 8 heteroatoms. The lowest BCUT2D eigenvalue weighted by atomic mass is 10.2. The van der Waals surface area contributed by atoms with Crippen LogP contribution in [0.15, 0.2) is 0 Å². The van der Waals surface area contributed by atoms with Crippen molar-refractivity contribution in [2.24, 2.45) is 5.92 Å². The van der Waals surface area contributed by atoms with Gasteiger partial charge in [0.15, 0.2) is 0 Å². The second-order valence-corrected chi connectivity index (χ2v) is 9.26. The lowest BCUT2D eigenvalue weighted by Gasteiger charge is -2.07. The van der Waals surface area contributed by atoms with Crippen LogP contribution in [0, 0.1) is 17.8 Å². The van der Waals surface area contributed by atoms with Crippen LogP contribution in [0.25, 0.3) is 0 Å². The molecule has 0 saturated heterocycles. The van der Waals surface area contributed by atoms with E-state index in [2.05, 4.69) is 55.5 Å². The Bertz CT molecular complexity index is 360. The summed E-state index contributed by atoms with van der Waals surface area (Å²) in [7, 11) is 5.65. The molecule has 0 aromatic carbocycles. The third-order valence-corrected chi connectivity index (χ3v) is 4.98. The van der Waals surface area contributed by atoms with Gasteiger partial charge in [0.05, 0.1) is 6.54 Å². The molecule has 2 N–H and O–H groups in total. The van der Waals surface area contributed by atoms with Gasteiger partial charge in [0.25, 0.3) is 0 Å². The summed E-state index contributed by atoms with van der Waals surface area (Å²) in [6, 6.07) is -0.156. The van der Waals surface area contributed by atoms with Crippen molar-refractivity contribution in [3.05, 3.63) is 0 Å². The molecule has 0 rings (SSSR count). The third-order valence-electron chi connectivity index (χ3n) is 2.43. The highest BCUT2D eigenvalue weighted by Crippen LogP contribution is 2.21. The minimum absolute atomic E-state index is 0.156. The number of nitrogens with one attached hydrogen (secondary N) is 2. The highest BCUT2D eigenvalue weighted by molar-refractivity contribution is 14.1. The quantitative estimate of drug-likeness (QED) is 0.114. The van der Waals surface area contributed by atoms with Gasteiger partial charge in [-0.25, -0.2) is 7.91 Å². The van der Waals surface area contributed by atoms with Crippen molar-refractivity contribution in [1.29, 1.82) is 0 Å². The van der Waals surface area contributed by atoms with E-state index in [1.165, 1.54) is 0 Å². The Hall–Kier alpha value is 0.180. The number of halogens is 1. The molecular formula is C15H28IN3O2S2. The SMILES string of the molecule is CC(C)C#CCNC(=O)NCCCCOCSSCCN(C)I. The van der Waals surface area contributed by atoms with Crippen LogP contribution < -0.4 is 10.6 Å². The Balaban J connectivity index is 3.24. The van der Waals surface area contributed by atoms with Crippen molar-refractivity contribution in [2.45, 2.75) is 26.7 Å². The van der Waals surface area contributed by atoms with E-state index in [9.17, 15) is 4.79 Å². The zero-order valence-electron chi connectivity index (χ0n) is 14.2. The predicted octanol–water partition coefficient (Wildman–Crippen LogP) is 3.36. The molecule has 0 saturated carbocycles. The van der Waals surface area contributed by atoms with E-state index < -0.39 is 0 Å². The number of urea groups is 1. The average molecular weight is 473 g/mol. The molecule has 2 amide bonds. The average Bonchev–Trinajstić information content (AvgIpc) is 2.48. The Morgan fingerprint density at radius 3 is 2.78 bits per heavy atom. The topological polar surface area (TPSA) is 53.6 Å². The van der Waals surface area contributed by atoms with Gasteiger partial charge in [-0.3, -0.25) is 0 Å². The molecule has 0 aliphatic rings. The first-order valence-corrected chi connectivity index (χ1v) is 11.2. The van der Waals surface area contributed by atoms with Gasteiger partial charge in [0.2, 0.25) is 0 Å². The third kappa shape index (κ3) is 20.1. The van der Waals surface area contributed by atoms with Crippen LogP contribution in [0.4, 0.5) is 4.79 Å². The summed E-state index contributed by atoms with van der Waals surface area (Å²) in [4.78, 5) is 11.4. The summed E-state index contributed by atoms with van der Waals surface area (Å²) in [5, 5.41) is 5.52. The number of hydrogen-bond donors (Lipinski definition) is 2. The van der Waals surface area contributed by atoms with Crippen LogP contribution in [0.2, 0.25) is 0 Å². The first kappa shape index (κ1) is 23.2.